The Labute approximate surface area is 155 Å². The van der Waals surface area contributed by atoms with Gasteiger partial charge in [-0.15, -0.1) is 0 Å². The van der Waals surface area contributed by atoms with Crippen molar-refractivity contribution < 1.29 is 23.9 Å². The van der Waals surface area contributed by atoms with Gasteiger partial charge in [-0.05, 0) is 31.5 Å². The lowest BCUT2D eigenvalue weighted by Crippen LogP contribution is -2.51. The average molecular weight is 382 g/mol. The number of benzene rings is 1. The predicted molar refractivity (Wildman–Crippen MR) is 95.6 cm³/mol. The van der Waals surface area contributed by atoms with E-state index in [9.17, 15) is 14.4 Å². The van der Waals surface area contributed by atoms with Gasteiger partial charge < -0.3 is 25.8 Å². The largest absolute Gasteiger partial charge is 0.463 e. The van der Waals surface area contributed by atoms with E-state index in [0.717, 1.165) is 0 Å². The zero-order valence-corrected chi connectivity index (χ0v) is 15.2. The van der Waals surface area contributed by atoms with E-state index in [1.165, 1.54) is 12.1 Å². The van der Waals surface area contributed by atoms with E-state index in [4.69, 9.17) is 26.8 Å². The standard InChI is InChI=1S/C17H20ClN3O5/c1-3-12-14(16(23)25-4-2)13(21-17(24)20-12)8-26-15(22)10-7-9(18)5-6-11(10)19/h5-7,12H,3-4,8,19H2,1-2H3,(H2,20,21,24)/t12-/m0/s1. The van der Waals surface area contributed by atoms with Crippen LogP contribution in [0.5, 0.6) is 0 Å². The minimum absolute atomic E-state index is 0.100. The zero-order valence-electron chi connectivity index (χ0n) is 14.4. The van der Waals surface area contributed by atoms with E-state index in [1.54, 1.807) is 13.0 Å². The molecule has 0 fully saturated rings. The zero-order chi connectivity index (χ0) is 19.3. The highest BCUT2D eigenvalue weighted by Crippen LogP contribution is 2.21. The van der Waals surface area contributed by atoms with Crippen molar-refractivity contribution in [2.75, 3.05) is 18.9 Å². The number of halogens is 1. The fourth-order valence-electron chi connectivity index (χ4n) is 2.50. The summed E-state index contributed by atoms with van der Waals surface area (Å²) in [6, 6.07) is 3.40. The van der Waals surface area contributed by atoms with E-state index in [2.05, 4.69) is 10.6 Å². The molecule has 0 aromatic heterocycles. The number of nitrogens with one attached hydrogen (secondary N) is 2. The molecule has 4 N–H and O–H groups in total. The van der Waals surface area contributed by atoms with E-state index in [1.807, 2.05) is 6.92 Å². The number of urea groups is 1. The Balaban J connectivity index is 2.24. The molecule has 9 heteroatoms. The molecule has 0 spiro atoms. The second kappa shape index (κ2) is 8.57. The summed E-state index contributed by atoms with van der Waals surface area (Å²) in [6.45, 7) is 3.35. The molecule has 2 amide bonds. The summed E-state index contributed by atoms with van der Waals surface area (Å²) in [4.78, 5) is 36.3. The molecule has 2 rings (SSSR count). The lowest BCUT2D eigenvalue weighted by Gasteiger charge is -2.28. The topological polar surface area (TPSA) is 120 Å². The van der Waals surface area contributed by atoms with Crippen LogP contribution in [0.25, 0.3) is 0 Å². The molecule has 0 bridgehead atoms. The quantitative estimate of drug-likeness (QED) is 0.512. The maximum Gasteiger partial charge on any atom is 0.340 e. The third-order valence-electron chi connectivity index (χ3n) is 3.73. The van der Waals surface area contributed by atoms with Gasteiger partial charge in [0.2, 0.25) is 0 Å². The van der Waals surface area contributed by atoms with Crippen LogP contribution < -0.4 is 16.4 Å². The number of amides is 2. The van der Waals surface area contributed by atoms with Crippen molar-refractivity contribution >= 4 is 35.3 Å². The van der Waals surface area contributed by atoms with Crippen LogP contribution in [-0.4, -0.2) is 37.2 Å². The summed E-state index contributed by atoms with van der Waals surface area (Å²) in [5, 5.41) is 5.46. The Morgan fingerprint density at radius 3 is 2.62 bits per heavy atom. The summed E-state index contributed by atoms with van der Waals surface area (Å²) < 4.78 is 10.3. The van der Waals surface area contributed by atoms with Crippen molar-refractivity contribution in [3.8, 4) is 0 Å². The van der Waals surface area contributed by atoms with Crippen LogP contribution in [0.15, 0.2) is 29.5 Å². The van der Waals surface area contributed by atoms with Gasteiger partial charge in [-0.1, -0.05) is 18.5 Å². The van der Waals surface area contributed by atoms with Gasteiger partial charge in [0.25, 0.3) is 0 Å². The first-order valence-corrected chi connectivity index (χ1v) is 8.44. The van der Waals surface area contributed by atoms with Crippen molar-refractivity contribution in [1.82, 2.24) is 10.6 Å². The number of hydrogen-bond donors (Lipinski definition) is 3. The molecule has 0 unspecified atom stereocenters. The van der Waals surface area contributed by atoms with Gasteiger partial charge >= 0.3 is 18.0 Å². The molecule has 1 aliphatic heterocycles. The van der Waals surface area contributed by atoms with E-state index >= 15 is 0 Å². The number of nitrogen functional groups attached to an aromatic ring is 1. The lowest BCUT2D eigenvalue weighted by atomic mass is 10.0. The Hall–Kier alpha value is -2.74. The summed E-state index contributed by atoms with van der Waals surface area (Å²) in [5.74, 6) is -1.30. The monoisotopic (exact) mass is 381 g/mol. The molecular formula is C17H20ClN3O5. The number of hydrogen-bond acceptors (Lipinski definition) is 6. The van der Waals surface area contributed by atoms with Crippen molar-refractivity contribution in [2.45, 2.75) is 26.3 Å². The maximum atomic E-state index is 12.3. The van der Waals surface area contributed by atoms with Crippen LogP contribution in [0.3, 0.4) is 0 Å². The first-order chi connectivity index (χ1) is 12.4. The average Bonchev–Trinajstić information content (AvgIpc) is 2.61. The number of carbonyl (C=O) groups excluding carboxylic acids is 3. The van der Waals surface area contributed by atoms with Crippen LogP contribution in [0.1, 0.15) is 30.6 Å². The second-order valence-electron chi connectivity index (χ2n) is 5.48. The molecule has 26 heavy (non-hydrogen) atoms. The number of carbonyl (C=O) groups is 3. The van der Waals surface area contributed by atoms with Crippen molar-refractivity contribution in [3.05, 3.63) is 40.1 Å². The van der Waals surface area contributed by atoms with Gasteiger partial charge in [-0.25, -0.2) is 14.4 Å². The van der Waals surface area contributed by atoms with Crippen molar-refractivity contribution in [3.63, 3.8) is 0 Å². The molecule has 1 aliphatic rings. The fraction of sp³-hybridized carbons (Fsp3) is 0.353. The highest BCUT2D eigenvalue weighted by Gasteiger charge is 2.32. The first-order valence-electron chi connectivity index (χ1n) is 8.07. The number of rotatable bonds is 6. The van der Waals surface area contributed by atoms with Gasteiger partial charge in [0, 0.05) is 10.7 Å². The van der Waals surface area contributed by atoms with Crippen LogP contribution in [0.2, 0.25) is 5.02 Å². The summed E-state index contributed by atoms with van der Waals surface area (Å²) in [7, 11) is 0. The normalized spacial score (nSPS) is 16.6. The van der Waals surface area contributed by atoms with Gasteiger partial charge in [0.05, 0.1) is 29.5 Å². The molecule has 1 atom stereocenters. The van der Waals surface area contributed by atoms with Crippen LogP contribution in [0.4, 0.5) is 10.5 Å². The third kappa shape index (κ3) is 4.45. The van der Waals surface area contributed by atoms with Crippen LogP contribution >= 0.6 is 11.6 Å². The molecule has 1 aromatic carbocycles. The number of esters is 2. The molecule has 0 saturated heterocycles. The van der Waals surface area contributed by atoms with Gasteiger partial charge in [-0.2, -0.15) is 0 Å². The van der Waals surface area contributed by atoms with Gasteiger partial charge in [0.15, 0.2) is 0 Å². The highest BCUT2D eigenvalue weighted by atomic mass is 35.5. The summed E-state index contributed by atoms with van der Waals surface area (Å²) >= 11 is 5.87. The van der Waals surface area contributed by atoms with E-state index < -0.39 is 24.0 Å². The lowest BCUT2D eigenvalue weighted by molar-refractivity contribution is -0.139. The second-order valence-corrected chi connectivity index (χ2v) is 5.92. The number of anilines is 1. The predicted octanol–water partition coefficient (Wildman–Crippen LogP) is 1.99. The Morgan fingerprint density at radius 1 is 1.23 bits per heavy atom. The Bertz CT molecular complexity index is 763. The smallest absolute Gasteiger partial charge is 0.340 e. The van der Waals surface area contributed by atoms with Crippen LogP contribution in [0, 0.1) is 0 Å². The summed E-state index contributed by atoms with van der Waals surface area (Å²) in [6.07, 6.45) is 0.472. The third-order valence-corrected chi connectivity index (χ3v) is 3.96. The minimum Gasteiger partial charge on any atom is -0.463 e. The van der Waals surface area contributed by atoms with Gasteiger partial charge in [0.1, 0.15) is 6.61 Å². The maximum absolute atomic E-state index is 12.3. The molecule has 0 radical (unpaired) electrons. The molecular weight excluding hydrogens is 362 g/mol. The molecule has 8 nitrogen and oxygen atoms in total. The van der Waals surface area contributed by atoms with E-state index in [-0.39, 0.29) is 35.7 Å². The molecule has 0 saturated carbocycles. The Kier molecular flexibility index (Phi) is 6.46. The molecule has 0 aliphatic carbocycles. The minimum atomic E-state index is -0.721. The van der Waals surface area contributed by atoms with Crippen LogP contribution in [-0.2, 0) is 14.3 Å². The fourth-order valence-corrected chi connectivity index (χ4v) is 2.67. The number of nitrogens with two attached hydrogens (primary N) is 1. The van der Waals surface area contributed by atoms with E-state index in [0.29, 0.717) is 11.4 Å². The van der Waals surface area contributed by atoms with Crippen molar-refractivity contribution in [1.29, 1.82) is 0 Å². The number of ether oxygens (including phenoxy) is 2. The first kappa shape index (κ1) is 19.6. The molecule has 1 heterocycles. The molecule has 140 valence electrons. The van der Waals surface area contributed by atoms with Crippen molar-refractivity contribution in [2.24, 2.45) is 0 Å². The SMILES string of the molecule is CCOC(=O)C1=C(COC(=O)c2cc(Cl)ccc2N)NC(=O)N[C@H]1CC. The Morgan fingerprint density at radius 2 is 1.96 bits per heavy atom. The van der Waals surface area contributed by atoms with Gasteiger partial charge in [-0.3, -0.25) is 0 Å². The highest BCUT2D eigenvalue weighted by molar-refractivity contribution is 6.31. The summed E-state index contributed by atoms with van der Waals surface area (Å²) in [5.41, 5.74) is 6.46. The molecule has 1 aromatic rings.